The monoisotopic (exact) mass is 333 g/mol. The van der Waals surface area contributed by atoms with E-state index in [1.54, 1.807) is 7.11 Å². The molecule has 1 heterocycles. The number of hydrogen-bond acceptors (Lipinski definition) is 3. The number of para-hydroxylation sites is 1. The first-order valence-corrected chi connectivity index (χ1v) is 7.00. The molecule has 1 unspecified atom stereocenters. The van der Waals surface area contributed by atoms with E-state index in [9.17, 15) is 4.79 Å². The van der Waals surface area contributed by atoms with Crippen molar-refractivity contribution in [3.8, 4) is 5.75 Å². The van der Waals surface area contributed by atoms with E-state index in [0.717, 1.165) is 16.9 Å². The molecule has 1 atom stereocenters. The Balaban J connectivity index is 2.07. The molecule has 0 saturated heterocycles. The number of halogens is 1. The summed E-state index contributed by atoms with van der Waals surface area (Å²) in [6.07, 6.45) is 0. The number of oxazole rings is 1. The summed E-state index contributed by atoms with van der Waals surface area (Å²) in [6, 6.07) is 13.4. The molecule has 0 bridgehead atoms. The topological polar surface area (TPSA) is 55.2 Å². The fourth-order valence-corrected chi connectivity index (χ4v) is 2.84. The number of aromatic amines is 1. The van der Waals surface area contributed by atoms with Crippen LogP contribution in [0.2, 0.25) is 0 Å². The zero-order valence-corrected chi connectivity index (χ0v) is 12.3. The summed E-state index contributed by atoms with van der Waals surface area (Å²) in [7, 11) is 1.65. The number of rotatable bonds is 3. The smallest absolute Gasteiger partial charge is 0.417 e. The Kier molecular flexibility index (Phi) is 3.36. The number of alkyl halides is 1. The fraction of sp³-hybridized carbons (Fsp3) is 0.133. The van der Waals surface area contributed by atoms with Gasteiger partial charge in [-0.3, -0.25) is 4.98 Å². The van der Waals surface area contributed by atoms with Gasteiger partial charge in [-0.1, -0.05) is 40.2 Å². The lowest BCUT2D eigenvalue weighted by Crippen LogP contribution is -1.96. The number of H-pyrrole nitrogens is 1. The lowest BCUT2D eigenvalue weighted by Gasteiger charge is -2.14. The molecule has 0 aliphatic heterocycles. The van der Waals surface area contributed by atoms with E-state index in [-0.39, 0.29) is 4.83 Å². The summed E-state index contributed by atoms with van der Waals surface area (Å²) in [5.74, 6) is 0.366. The van der Waals surface area contributed by atoms with E-state index in [2.05, 4.69) is 20.9 Å². The molecule has 1 aromatic heterocycles. The minimum Gasteiger partial charge on any atom is -0.496 e. The Morgan fingerprint density at radius 2 is 2.05 bits per heavy atom. The van der Waals surface area contributed by atoms with Gasteiger partial charge in [0, 0.05) is 5.56 Å². The first-order chi connectivity index (χ1) is 9.69. The maximum Gasteiger partial charge on any atom is 0.417 e. The van der Waals surface area contributed by atoms with Crippen LogP contribution in [-0.4, -0.2) is 12.1 Å². The molecule has 0 fully saturated rings. The van der Waals surface area contributed by atoms with Gasteiger partial charge in [-0.25, -0.2) is 4.79 Å². The maximum atomic E-state index is 11.2. The minimum absolute atomic E-state index is 0.0387. The van der Waals surface area contributed by atoms with Gasteiger partial charge >= 0.3 is 5.76 Å². The molecule has 5 heteroatoms. The van der Waals surface area contributed by atoms with Crippen LogP contribution >= 0.6 is 15.9 Å². The molecule has 4 nitrogen and oxygen atoms in total. The molecule has 20 heavy (non-hydrogen) atoms. The molecule has 0 aliphatic carbocycles. The first-order valence-electron chi connectivity index (χ1n) is 6.09. The molecular formula is C15H12BrNO3. The van der Waals surface area contributed by atoms with E-state index < -0.39 is 5.76 Å². The van der Waals surface area contributed by atoms with Gasteiger partial charge in [0.2, 0.25) is 0 Å². The lowest BCUT2D eigenvalue weighted by atomic mass is 10.0. The van der Waals surface area contributed by atoms with Crippen molar-refractivity contribution in [1.29, 1.82) is 0 Å². The molecule has 2 aromatic carbocycles. The average molecular weight is 334 g/mol. The molecule has 0 amide bonds. The van der Waals surface area contributed by atoms with Gasteiger partial charge in [0.15, 0.2) is 5.58 Å². The van der Waals surface area contributed by atoms with Crippen LogP contribution < -0.4 is 10.5 Å². The largest absolute Gasteiger partial charge is 0.496 e. The first kappa shape index (κ1) is 13.0. The number of benzene rings is 2. The average Bonchev–Trinajstić information content (AvgIpc) is 2.85. The van der Waals surface area contributed by atoms with Crippen molar-refractivity contribution in [1.82, 2.24) is 4.98 Å². The molecule has 3 aromatic rings. The van der Waals surface area contributed by atoms with E-state index in [1.807, 2.05) is 42.5 Å². The van der Waals surface area contributed by atoms with Crippen molar-refractivity contribution in [3.63, 3.8) is 0 Å². The molecule has 0 radical (unpaired) electrons. The molecule has 102 valence electrons. The summed E-state index contributed by atoms with van der Waals surface area (Å²) in [6.45, 7) is 0. The number of ether oxygens (including phenoxy) is 1. The Morgan fingerprint density at radius 1 is 1.25 bits per heavy atom. The molecule has 3 rings (SSSR count). The zero-order chi connectivity index (χ0) is 14.1. The Hall–Kier alpha value is -2.01. The Labute approximate surface area is 123 Å². The van der Waals surface area contributed by atoms with E-state index in [4.69, 9.17) is 9.15 Å². The second-order valence-electron chi connectivity index (χ2n) is 4.37. The van der Waals surface area contributed by atoms with Gasteiger partial charge in [0.05, 0.1) is 17.5 Å². The van der Waals surface area contributed by atoms with Gasteiger partial charge < -0.3 is 9.15 Å². The van der Waals surface area contributed by atoms with Crippen LogP contribution in [0.5, 0.6) is 5.75 Å². The zero-order valence-electron chi connectivity index (χ0n) is 10.7. The summed E-state index contributed by atoms with van der Waals surface area (Å²) in [5, 5.41) is 0. The van der Waals surface area contributed by atoms with E-state index in [1.165, 1.54) is 0 Å². The Morgan fingerprint density at radius 3 is 2.85 bits per heavy atom. The van der Waals surface area contributed by atoms with E-state index in [0.29, 0.717) is 11.1 Å². The number of fused-ring (bicyclic) bond motifs is 1. The summed E-state index contributed by atoms with van der Waals surface area (Å²) in [4.78, 5) is 13.8. The van der Waals surface area contributed by atoms with Crippen LogP contribution in [0.15, 0.2) is 51.7 Å². The molecule has 0 spiro atoms. The van der Waals surface area contributed by atoms with Crippen LogP contribution in [0.3, 0.4) is 0 Å². The van der Waals surface area contributed by atoms with Gasteiger partial charge in [-0.2, -0.15) is 0 Å². The highest BCUT2D eigenvalue weighted by atomic mass is 79.9. The summed E-state index contributed by atoms with van der Waals surface area (Å²) >= 11 is 3.67. The van der Waals surface area contributed by atoms with Crippen molar-refractivity contribution in [2.45, 2.75) is 4.83 Å². The highest BCUT2D eigenvalue weighted by Gasteiger charge is 2.16. The van der Waals surface area contributed by atoms with Crippen LogP contribution in [-0.2, 0) is 0 Å². The van der Waals surface area contributed by atoms with Crippen molar-refractivity contribution >= 4 is 27.0 Å². The molecule has 1 N–H and O–H groups in total. The van der Waals surface area contributed by atoms with Crippen LogP contribution in [0, 0.1) is 0 Å². The van der Waals surface area contributed by atoms with Crippen molar-refractivity contribution < 1.29 is 9.15 Å². The van der Waals surface area contributed by atoms with Gasteiger partial charge in [0.25, 0.3) is 0 Å². The number of hydrogen-bond donors (Lipinski definition) is 1. The van der Waals surface area contributed by atoms with Crippen LogP contribution in [0.1, 0.15) is 16.0 Å². The number of aromatic nitrogens is 1. The van der Waals surface area contributed by atoms with Crippen molar-refractivity contribution in [2.75, 3.05) is 7.11 Å². The molecule has 0 saturated carbocycles. The third-order valence-electron chi connectivity index (χ3n) is 3.15. The highest BCUT2D eigenvalue weighted by molar-refractivity contribution is 9.09. The third-order valence-corrected chi connectivity index (χ3v) is 4.17. The van der Waals surface area contributed by atoms with Crippen molar-refractivity contribution in [2.24, 2.45) is 0 Å². The molecular weight excluding hydrogens is 322 g/mol. The van der Waals surface area contributed by atoms with Gasteiger partial charge in [-0.15, -0.1) is 0 Å². The lowest BCUT2D eigenvalue weighted by molar-refractivity contribution is 0.410. The van der Waals surface area contributed by atoms with E-state index >= 15 is 0 Å². The Bertz CT molecular complexity index is 806. The third kappa shape index (κ3) is 2.25. The standard InChI is InChI=1S/C15H12BrNO3/c1-19-12-5-3-2-4-10(12)14(16)9-6-7-11-13(8-9)20-15(18)17-11/h2-8,14H,1H3,(H,17,18). The van der Waals surface area contributed by atoms with Crippen LogP contribution in [0.4, 0.5) is 0 Å². The molecule has 0 aliphatic rings. The minimum atomic E-state index is -0.444. The van der Waals surface area contributed by atoms with Gasteiger partial charge in [0.1, 0.15) is 5.75 Å². The number of methoxy groups -OCH3 is 1. The van der Waals surface area contributed by atoms with Gasteiger partial charge in [-0.05, 0) is 23.8 Å². The summed E-state index contributed by atoms with van der Waals surface area (Å²) in [5.41, 5.74) is 3.25. The maximum absolute atomic E-state index is 11.2. The van der Waals surface area contributed by atoms with Crippen molar-refractivity contribution in [3.05, 3.63) is 64.1 Å². The fourth-order valence-electron chi connectivity index (χ4n) is 2.17. The number of nitrogens with one attached hydrogen (secondary N) is 1. The second-order valence-corrected chi connectivity index (χ2v) is 5.29. The normalized spacial score (nSPS) is 12.5. The highest BCUT2D eigenvalue weighted by Crippen LogP contribution is 2.37. The van der Waals surface area contributed by atoms with Crippen LogP contribution in [0.25, 0.3) is 11.1 Å². The predicted molar refractivity (Wildman–Crippen MR) is 80.6 cm³/mol. The SMILES string of the molecule is COc1ccccc1C(Br)c1ccc2[nH]c(=O)oc2c1. The quantitative estimate of drug-likeness (QED) is 0.745. The summed E-state index contributed by atoms with van der Waals surface area (Å²) < 4.78 is 10.5. The predicted octanol–water partition coefficient (Wildman–Crippen LogP) is 3.61. The second kappa shape index (κ2) is 5.17.